The lowest BCUT2D eigenvalue weighted by molar-refractivity contribution is -0.0165. The van der Waals surface area contributed by atoms with Gasteiger partial charge in [0.25, 0.3) is 0 Å². The van der Waals surface area contributed by atoms with Crippen molar-refractivity contribution in [2.24, 2.45) is 23.5 Å². The molecule has 2 rings (SSSR count). The fourth-order valence-corrected chi connectivity index (χ4v) is 3.51. The van der Waals surface area contributed by atoms with Crippen LogP contribution in [0.25, 0.3) is 0 Å². The molecule has 1 aliphatic carbocycles. The second kappa shape index (κ2) is 5.68. The number of rotatable bonds is 2. The van der Waals surface area contributed by atoms with E-state index in [0.717, 1.165) is 32.0 Å². The van der Waals surface area contributed by atoms with Gasteiger partial charge in [-0.15, -0.1) is 0 Å². The van der Waals surface area contributed by atoms with Gasteiger partial charge in [-0.2, -0.15) is 0 Å². The first-order valence-electron chi connectivity index (χ1n) is 7.24. The first kappa shape index (κ1) is 13.3. The normalized spacial score (nSPS) is 44.8. The number of aliphatic hydroxyl groups excluding tert-OH is 1. The molecule has 0 aromatic heterocycles. The summed E-state index contributed by atoms with van der Waals surface area (Å²) in [7, 11) is 0. The Labute approximate surface area is 105 Å². The minimum atomic E-state index is -0.139. The van der Waals surface area contributed by atoms with Crippen molar-refractivity contribution in [3.8, 4) is 0 Å². The number of hydrogen-bond donors (Lipinski definition) is 2. The number of nitrogens with two attached hydrogens (primary N) is 1. The second-order valence-electron chi connectivity index (χ2n) is 6.31. The van der Waals surface area contributed by atoms with Crippen molar-refractivity contribution in [3.05, 3.63) is 0 Å². The molecule has 2 aliphatic rings. The molecule has 1 heterocycles. The van der Waals surface area contributed by atoms with Gasteiger partial charge in [0, 0.05) is 12.6 Å². The third-order valence-corrected chi connectivity index (χ3v) is 4.94. The van der Waals surface area contributed by atoms with Gasteiger partial charge >= 0.3 is 0 Å². The van der Waals surface area contributed by atoms with Gasteiger partial charge in [-0.05, 0) is 50.1 Å². The van der Waals surface area contributed by atoms with E-state index in [1.165, 1.54) is 19.3 Å². The van der Waals surface area contributed by atoms with Crippen LogP contribution < -0.4 is 5.73 Å². The van der Waals surface area contributed by atoms with E-state index in [2.05, 4.69) is 18.7 Å². The van der Waals surface area contributed by atoms with Crippen molar-refractivity contribution in [1.29, 1.82) is 0 Å². The Morgan fingerprint density at radius 3 is 2.65 bits per heavy atom. The molecule has 0 bridgehead atoms. The Balaban J connectivity index is 1.98. The number of piperidine rings is 1. The standard InChI is InChI=1S/C14H28N2O/c1-10-3-4-12(8-15)13(7-10)16-6-5-11(2)14(17)9-16/h10-14,17H,3-9,15H2,1-2H3. The summed E-state index contributed by atoms with van der Waals surface area (Å²) in [6, 6.07) is 0.617. The zero-order valence-electron chi connectivity index (χ0n) is 11.3. The van der Waals surface area contributed by atoms with Crippen molar-refractivity contribution < 1.29 is 5.11 Å². The molecule has 17 heavy (non-hydrogen) atoms. The molecule has 0 spiro atoms. The molecule has 5 unspecified atom stereocenters. The molecule has 0 aromatic carbocycles. The largest absolute Gasteiger partial charge is 0.392 e. The van der Waals surface area contributed by atoms with E-state index >= 15 is 0 Å². The first-order valence-corrected chi connectivity index (χ1v) is 7.24. The summed E-state index contributed by atoms with van der Waals surface area (Å²) >= 11 is 0. The molecule has 1 aliphatic heterocycles. The number of nitrogens with zero attached hydrogens (tertiary/aromatic N) is 1. The van der Waals surface area contributed by atoms with Crippen molar-refractivity contribution in [2.45, 2.75) is 51.7 Å². The van der Waals surface area contributed by atoms with Crippen LogP contribution in [-0.2, 0) is 0 Å². The molecule has 0 aromatic rings. The van der Waals surface area contributed by atoms with Crippen LogP contribution in [0.15, 0.2) is 0 Å². The molecule has 3 heteroatoms. The zero-order valence-corrected chi connectivity index (χ0v) is 11.3. The highest BCUT2D eigenvalue weighted by atomic mass is 16.3. The van der Waals surface area contributed by atoms with Gasteiger partial charge in [0.05, 0.1) is 6.10 Å². The number of hydrogen-bond acceptors (Lipinski definition) is 3. The van der Waals surface area contributed by atoms with Gasteiger partial charge in [0.2, 0.25) is 0 Å². The molecule has 1 saturated heterocycles. The fourth-order valence-electron chi connectivity index (χ4n) is 3.51. The van der Waals surface area contributed by atoms with Gasteiger partial charge in [-0.25, -0.2) is 0 Å². The van der Waals surface area contributed by atoms with Crippen molar-refractivity contribution in [3.63, 3.8) is 0 Å². The van der Waals surface area contributed by atoms with Gasteiger partial charge in [-0.1, -0.05) is 20.3 Å². The maximum absolute atomic E-state index is 10.0. The molecule has 3 nitrogen and oxygen atoms in total. The van der Waals surface area contributed by atoms with Gasteiger partial charge in [-0.3, -0.25) is 4.90 Å². The Bertz CT molecular complexity index is 246. The SMILES string of the molecule is CC1CCC(CN)C(N2CCC(C)C(O)C2)C1. The van der Waals surface area contributed by atoms with Crippen LogP contribution in [0, 0.1) is 17.8 Å². The highest BCUT2D eigenvalue weighted by Crippen LogP contribution is 2.33. The van der Waals surface area contributed by atoms with Gasteiger partial charge < -0.3 is 10.8 Å². The van der Waals surface area contributed by atoms with Crippen LogP contribution >= 0.6 is 0 Å². The quantitative estimate of drug-likeness (QED) is 0.768. The summed E-state index contributed by atoms with van der Waals surface area (Å²) in [4.78, 5) is 2.51. The lowest BCUT2D eigenvalue weighted by atomic mass is 9.77. The highest BCUT2D eigenvalue weighted by molar-refractivity contribution is 4.90. The van der Waals surface area contributed by atoms with E-state index in [1.54, 1.807) is 0 Å². The van der Waals surface area contributed by atoms with Crippen molar-refractivity contribution in [1.82, 2.24) is 4.90 Å². The van der Waals surface area contributed by atoms with Crippen molar-refractivity contribution in [2.75, 3.05) is 19.6 Å². The summed E-state index contributed by atoms with van der Waals surface area (Å²) in [5.74, 6) is 1.93. The summed E-state index contributed by atoms with van der Waals surface area (Å²) < 4.78 is 0. The minimum absolute atomic E-state index is 0.139. The average molecular weight is 240 g/mol. The Kier molecular flexibility index (Phi) is 4.45. The molecule has 0 amide bonds. The van der Waals surface area contributed by atoms with E-state index in [-0.39, 0.29) is 6.10 Å². The maximum Gasteiger partial charge on any atom is 0.0693 e. The molecule has 3 N–H and O–H groups in total. The van der Waals surface area contributed by atoms with Crippen LogP contribution in [-0.4, -0.2) is 41.8 Å². The lowest BCUT2D eigenvalue weighted by Crippen LogP contribution is -2.53. The molecular weight excluding hydrogens is 212 g/mol. The zero-order chi connectivity index (χ0) is 12.4. The molecule has 0 radical (unpaired) electrons. The third kappa shape index (κ3) is 3.01. The fraction of sp³-hybridized carbons (Fsp3) is 1.00. The van der Waals surface area contributed by atoms with E-state index < -0.39 is 0 Å². The second-order valence-corrected chi connectivity index (χ2v) is 6.31. The van der Waals surface area contributed by atoms with Crippen molar-refractivity contribution >= 4 is 0 Å². The van der Waals surface area contributed by atoms with Crippen LogP contribution in [0.4, 0.5) is 0 Å². The van der Waals surface area contributed by atoms with E-state index in [1.807, 2.05) is 0 Å². The third-order valence-electron chi connectivity index (χ3n) is 4.94. The Hall–Kier alpha value is -0.120. The topological polar surface area (TPSA) is 49.5 Å². The van der Waals surface area contributed by atoms with E-state index in [0.29, 0.717) is 17.9 Å². The van der Waals surface area contributed by atoms with E-state index in [4.69, 9.17) is 5.73 Å². The minimum Gasteiger partial charge on any atom is -0.392 e. The summed E-state index contributed by atoms with van der Waals surface area (Å²) in [6.07, 6.45) is 4.85. The first-order chi connectivity index (χ1) is 8.11. The molecule has 100 valence electrons. The summed E-state index contributed by atoms with van der Waals surface area (Å²) in [5, 5.41) is 10.0. The van der Waals surface area contributed by atoms with Gasteiger partial charge in [0.1, 0.15) is 0 Å². The molecule has 5 atom stereocenters. The number of likely N-dealkylation sites (tertiary alicyclic amines) is 1. The predicted molar refractivity (Wildman–Crippen MR) is 70.7 cm³/mol. The average Bonchev–Trinajstić information content (AvgIpc) is 2.32. The molecule has 2 fully saturated rings. The van der Waals surface area contributed by atoms with Gasteiger partial charge in [0.15, 0.2) is 0 Å². The smallest absolute Gasteiger partial charge is 0.0693 e. The monoisotopic (exact) mass is 240 g/mol. The maximum atomic E-state index is 10.0. The Morgan fingerprint density at radius 2 is 2.00 bits per heavy atom. The van der Waals surface area contributed by atoms with Crippen LogP contribution in [0.1, 0.15) is 39.5 Å². The molecule has 1 saturated carbocycles. The van der Waals surface area contributed by atoms with Crippen LogP contribution in [0.5, 0.6) is 0 Å². The highest BCUT2D eigenvalue weighted by Gasteiger charge is 2.35. The number of aliphatic hydroxyl groups is 1. The summed E-state index contributed by atoms with van der Waals surface area (Å²) in [6.45, 7) is 7.31. The molecular formula is C14H28N2O. The predicted octanol–water partition coefficient (Wildman–Crippen LogP) is 1.45. The van der Waals surface area contributed by atoms with Crippen LogP contribution in [0.2, 0.25) is 0 Å². The summed E-state index contributed by atoms with van der Waals surface area (Å²) in [5.41, 5.74) is 5.92. The number of β-amino-alcohol motifs (C(OH)–C–C–N with tert-alkyl or cyclic N) is 1. The van der Waals surface area contributed by atoms with Crippen LogP contribution in [0.3, 0.4) is 0 Å². The Morgan fingerprint density at radius 1 is 1.24 bits per heavy atom. The lowest BCUT2D eigenvalue weighted by Gasteiger charge is -2.45. The van der Waals surface area contributed by atoms with E-state index in [9.17, 15) is 5.11 Å².